The van der Waals surface area contributed by atoms with Gasteiger partial charge < -0.3 is 14.8 Å². The highest BCUT2D eigenvalue weighted by atomic mass is 32.2. The Morgan fingerprint density at radius 1 is 0.844 bits per heavy atom. The molecule has 164 valence electrons. The van der Waals surface area contributed by atoms with Crippen LogP contribution in [-0.2, 0) is 10.0 Å². The fourth-order valence-corrected chi connectivity index (χ4v) is 3.73. The van der Waals surface area contributed by atoms with E-state index in [1.807, 2.05) is 24.3 Å². The number of fused-ring (bicyclic) bond motifs is 1. The van der Waals surface area contributed by atoms with Crippen molar-refractivity contribution in [1.82, 2.24) is 15.0 Å². The van der Waals surface area contributed by atoms with Crippen molar-refractivity contribution >= 4 is 38.2 Å². The molecule has 0 amide bonds. The largest absolute Gasteiger partial charge is 0.497 e. The van der Waals surface area contributed by atoms with Crippen LogP contribution in [0.1, 0.15) is 0 Å². The van der Waals surface area contributed by atoms with E-state index in [0.29, 0.717) is 51.1 Å². The molecule has 0 saturated carbocycles. The third-order valence-electron chi connectivity index (χ3n) is 4.56. The van der Waals surface area contributed by atoms with Gasteiger partial charge in [-0.2, -0.15) is 0 Å². The van der Waals surface area contributed by atoms with Gasteiger partial charge in [-0.1, -0.05) is 12.1 Å². The standard InChI is InChI=1S/C22H21N5O4S/c1-30-14-10-11-19(31-2)18(13-14)26-22-21(24-15-7-4-5-8-16(15)25-22)20-17(9-6-12-23-20)27-32(3,28)29/h4-13,27H,1-3H3,(H,25,26). The molecular formula is C22H21N5O4S. The van der Waals surface area contributed by atoms with Crippen LogP contribution in [0.5, 0.6) is 11.5 Å². The van der Waals surface area contributed by atoms with Gasteiger partial charge in [0.15, 0.2) is 5.82 Å². The second-order valence-corrected chi connectivity index (χ2v) is 8.62. The minimum atomic E-state index is -3.54. The fraction of sp³-hybridized carbons (Fsp3) is 0.136. The summed E-state index contributed by atoms with van der Waals surface area (Å²) in [5.41, 5.74) is 2.91. The fourth-order valence-electron chi connectivity index (χ4n) is 3.17. The summed E-state index contributed by atoms with van der Waals surface area (Å²) in [5.74, 6) is 1.58. The molecule has 0 saturated heterocycles. The molecule has 0 spiro atoms. The molecule has 0 aliphatic rings. The molecule has 2 heterocycles. The van der Waals surface area contributed by atoms with Crippen LogP contribution in [0.15, 0.2) is 60.8 Å². The summed E-state index contributed by atoms with van der Waals surface area (Å²) in [6, 6.07) is 16.0. The first-order valence-electron chi connectivity index (χ1n) is 9.57. The molecular weight excluding hydrogens is 430 g/mol. The first-order valence-corrected chi connectivity index (χ1v) is 11.5. The maximum Gasteiger partial charge on any atom is 0.229 e. The van der Waals surface area contributed by atoms with Crippen LogP contribution in [-0.4, -0.2) is 43.8 Å². The number of para-hydroxylation sites is 2. The Balaban J connectivity index is 1.92. The number of nitrogens with zero attached hydrogens (tertiary/aromatic N) is 3. The van der Waals surface area contributed by atoms with Crippen molar-refractivity contribution in [1.29, 1.82) is 0 Å². The molecule has 4 aromatic rings. The third kappa shape index (κ3) is 4.54. The van der Waals surface area contributed by atoms with Gasteiger partial charge in [-0.05, 0) is 36.4 Å². The smallest absolute Gasteiger partial charge is 0.229 e. The van der Waals surface area contributed by atoms with Gasteiger partial charge in [-0.25, -0.2) is 18.4 Å². The van der Waals surface area contributed by atoms with E-state index in [1.54, 1.807) is 50.7 Å². The molecule has 2 aromatic carbocycles. The predicted molar refractivity (Wildman–Crippen MR) is 124 cm³/mol. The second kappa shape index (κ2) is 8.67. The molecule has 10 heteroatoms. The molecule has 0 fully saturated rings. The Labute approximate surface area is 185 Å². The topological polar surface area (TPSA) is 115 Å². The number of ether oxygens (including phenoxy) is 2. The highest BCUT2D eigenvalue weighted by Crippen LogP contribution is 2.36. The molecule has 0 aliphatic heterocycles. The number of nitrogens with one attached hydrogen (secondary N) is 2. The lowest BCUT2D eigenvalue weighted by Crippen LogP contribution is -2.12. The number of aromatic nitrogens is 3. The van der Waals surface area contributed by atoms with Gasteiger partial charge in [0.1, 0.15) is 22.9 Å². The lowest BCUT2D eigenvalue weighted by Gasteiger charge is -2.16. The number of benzene rings is 2. The Morgan fingerprint density at radius 2 is 1.59 bits per heavy atom. The molecule has 0 radical (unpaired) electrons. The average molecular weight is 452 g/mol. The number of rotatable bonds is 7. The molecule has 0 atom stereocenters. The molecule has 4 rings (SSSR count). The summed E-state index contributed by atoms with van der Waals surface area (Å²) in [6.07, 6.45) is 2.64. The first kappa shape index (κ1) is 21.3. The van der Waals surface area contributed by atoms with Crippen molar-refractivity contribution in [2.24, 2.45) is 0 Å². The molecule has 9 nitrogen and oxygen atoms in total. The summed E-state index contributed by atoms with van der Waals surface area (Å²) in [6.45, 7) is 0. The summed E-state index contributed by atoms with van der Waals surface area (Å²) in [7, 11) is -0.401. The maximum atomic E-state index is 11.9. The van der Waals surface area contributed by atoms with Gasteiger partial charge >= 0.3 is 0 Å². The van der Waals surface area contributed by atoms with E-state index in [4.69, 9.17) is 19.4 Å². The highest BCUT2D eigenvalue weighted by Gasteiger charge is 2.19. The van der Waals surface area contributed by atoms with Crippen LogP contribution >= 0.6 is 0 Å². The van der Waals surface area contributed by atoms with Crippen LogP contribution < -0.4 is 19.5 Å². The number of hydrogen-bond donors (Lipinski definition) is 2. The second-order valence-electron chi connectivity index (χ2n) is 6.87. The number of pyridine rings is 1. The van der Waals surface area contributed by atoms with Crippen molar-refractivity contribution < 1.29 is 17.9 Å². The van der Waals surface area contributed by atoms with Crippen molar-refractivity contribution in [2.45, 2.75) is 0 Å². The Morgan fingerprint density at radius 3 is 2.28 bits per heavy atom. The van der Waals surface area contributed by atoms with Gasteiger partial charge in [0, 0.05) is 12.3 Å². The molecule has 2 aromatic heterocycles. The number of methoxy groups -OCH3 is 2. The van der Waals surface area contributed by atoms with Crippen LogP contribution in [0.2, 0.25) is 0 Å². The van der Waals surface area contributed by atoms with E-state index in [2.05, 4.69) is 15.0 Å². The van der Waals surface area contributed by atoms with Crippen LogP contribution in [0, 0.1) is 0 Å². The molecule has 0 unspecified atom stereocenters. The zero-order valence-electron chi connectivity index (χ0n) is 17.7. The zero-order chi connectivity index (χ0) is 22.7. The summed E-state index contributed by atoms with van der Waals surface area (Å²) >= 11 is 0. The molecule has 32 heavy (non-hydrogen) atoms. The number of anilines is 3. The summed E-state index contributed by atoms with van der Waals surface area (Å²) in [5, 5.41) is 3.25. The Bertz CT molecular complexity index is 1390. The van der Waals surface area contributed by atoms with Gasteiger partial charge in [-0.15, -0.1) is 0 Å². The molecule has 0 aliphatic carbocycles. The van der Waals surface area contributed by atoms with E-state index in [9.17, 15) is 8.42 Å². The SMILES string of the molecule is COc1ccc(OC)c(Nc2nc3ccccc3nc2-c2ncccc2NS(C)(=O)=O)c1. The summed E-state index contributed by atoms with van der Waals surface area (Å²) in [4.78, 5) is 13.9. The van der Waals surface area contributed by atoms with E-state index in [1.165, 1.54) is 0 Å². The van der Waals surface area contributed by atoms with Gasteiger partial charge in [-0.3, -0.25) is 9.71 Å². The van der Waals surface area contributed by atoms with Crippen LogP contribution in [0.3, 0.4) is 0 Å². The average Bonchev–Trinajstić information content (AvgIpc) is 2.78. The number of hydrogen-bond acceptors (Lipinski definition) is 8. The van der Waals surface area contributed by atoms with Crippen molar-refractivity contribution in [3.05, 3.63) is 60.8 Å². The van der Waals surface area contributed by atoms with E-state index < -0.39 is 10.0 Å². The monoisotopic (exact) mass is 451 g/mol. The summed E-state index contributed by atoms with van der Waals surface area (Å²) < 4.78 is 37.1. The van der Waals surface area contributed by atoms with Gasteiger partial charge in [0.05, 0.1) is 42.9 Å². The third-order valence-corrected chi connectivity index (χ3v) is 5.15. The predicted octanol–water partition coefficient (Wildman–Crippen LogP) is 3.82. The zero-order valence-corrected chi connectivity index (χ0v) is 18.5. The molecule has 0 bridgehead atoms. The molecule has 2 N–H and O–H groups in total. The minimum absolute atomic E-state index is 0.292. The van der Waals surface area contributed by atoms with E-state index in [0.717, 1.165) is 6.26 Å². The quantitative estimate of drug-likeness (QED) is 0.436. The lowest BCUT2D eigenvalue weighted by atomic mass is 10.2. The van der Waals surface area contributed by atoms with E-state index in [-0.39, 0.29) is 0 Å². The van der Waals surface area contributed by atoms with Gasteiger partial charge in [0.2, 0.25) is 10.0 Å². The van der Waals surface area contributed by atoms with Crippen molar-refractivity contribution in [3.8, 4) is 22.9 Å². The van der Waals surface area contributed by atoms with Crippen molar-refractivity contribution in [2.75, 3.05) is 30.5 Å². The van der Waals surface area contributed by atoms with Crippen molar-refractivity contribution in [3.63, 3.8) is 0 Å². The van der Waals surface area contributed by atoms with E-state index >= 15 is 0 Å². The lowest BCUT2D eigenvalue weighted by molar-refractivity contribution is 0.405. The maximum absolute atomic E-state index is 11.9. The normalized spacial score (nSPS) is 11.2. The highest BCUT2D eigenvalue weighted by molar-refractivity contribution is 7.92. The van der Waals surface area contributed by atoms with Crippen LogP contribution in [0.4, 0.5) is 17.2 Å². The van der Waals surface area contributed by atoms with Gasteiger partial charge in [0.25, 0.3) is 0 Å². The Kier molecular flexibility index (Phi) is 5.78. The minimum Gasteiger partial charge on any atom is -0.497 e. The number of sulfonamides is 1. The first-order chi connectivity index (χ1) is 15.4. The van der Waals surface area contributed by atoms with Crippen LogP contribution in [0.25, 0.3) is 22.4 Å². The Hall–Kier alpha value is -3.92.